The summed E-state index contributed by atoms with van der Waals surface area (Å²) >= 11 is 0. The van der Waals surface area contributed by atoms with Crippen LogP contribution in [-0.2, 0) is 14.3 Å². The molecular weight excluding hydrogens is 464 g/mol. The number of amides is 1. The molecule has 1 aliphatic carbocycles. The molecule has 0 spiro atoms. The number of benzene rings is 1. The molecule has 9 nitrogen and oxygen atoms in total. The molecule has 9 heteroatoms. The summed E-state index contributed by atoms with van der Waals surface area (Å²) in [5.74, 6) is -0.993. The number of carbonyl (C=O) groups excluding carboxylic acids is 3. The summed E-state index contributed by atoms with van der Waals surface area (Å²) in [5.41, 5.74) is -0.172. The Hall–Kier alpha value is -3.62. The molecule has 1 aliphatic rings. The quantitative estimate of drug-likeness (QED) is 0.487. The summed E-state index contributed by atoms with van der Waals surface area (Å²) in [6.45, 7) is 4.64. The first-order valence-electron chi connectivity index (χ1n) is 12.2. The highest BCUT2D eigenvalue weighted by atomic mass is 16.6. The van der Waals surface area contributed by atoms with Gasteiger partial charge in [0, 0.05) is 19.2 Å². The van der Waals surface area contributed by atoms with Crippen LogP contribution in [0.2, 0.25) is 0 Å². The average molecular weight is 499 g/mol. The van der Waals surface area contributed by atoms with Crippen molar-refractivity contribution in [1.29, 1.82) is 0 Å². The van der Waals surface area contributed by atoms with Gasteiger partial charge in [-0.3, -0.25) is 9.59 Å². The van der Waals surface area contributed by atoms with Crippen molar-refractivity contribution in [3.05, 3.63) is 48.3 Å². The minimum absolute atomic E-state index is 0.115. The second kappa shape index (κ2) is 12.9. The van der Waals surface area contributed by atoms with Crippen molar-refractivity contribution < 1.29 is 33.3 Å². The Balaban J connectivity index is 1.72. The van der Waals surface area contributed by atoms with Crippen LogP contribution in [-0.4, -0.2) is 48.2 Å². The van der Waals surface area contributed by atoms with Crippen LogP contribution in [0.1, 0.15) is 63.4 Å². The lowest BCUT2D eigenvalue weighted by molar-refractivity contribution is -0.160. The summed E-state index contributed by atoms with van der Waals surface area (Å²) in [5, 5.41) is 2.59. The molecule has 1 saturated carbocycles. The van der Waals surface area contributed by atoms with Crippen LogP contribution in [0.3, 0.4) is 0 Å². The van der Waals surface area contributed by atoms with E-state index in [0.29, 0.717) is 5.75 Å². The van der Waals surface area contributed by atoms with E-state index in [4.69, 9.17) is 18.9 Å². The molecule has 3 atom stereocenters. The number of para-hydroxylation sites is 1. The van der Waals surface area contributed by atoms with E-state index in [1.807, 2.05) is 37.3 Å². The van der Waals surface area contributed by atoms with E-state index in [2.05, 4.69) is 10.3 Å². The van der Waals surface area contributed by atoms with Crippen LogP contribution in [0.15, 0.2) is 42.6 Å². The number of nitrogens with zero attached hydrogens (tertiary/aromatic N) is 1. The predicted molar refractivity (Wildman–Crippen MR) is 132 cm³/mol. The van der Waals surface area contributed by atoms with E-state index >= 15 is 0 Å². The number of methoxy groups -OCH3 is 1. The highest BCUT2D eigenvalue weighted by Crippen LogP contribution is 2.32. The van der Waals surface area contributed by atoms with Gasteiger partial charge in [0.25, 0.3) is 5.91 Å². The van der Waals surface area contributed by atoms with Gasteiger partial charge in [0.05, 0.1) is 7.11 Å². The maximum absolute atomic E-state index is 13.1. The summed E-state index contributed by atoms with van der Waals surface area (Å²) in [6.07, 6.45) is 5.71. The van der Waals surface area contributed by atoms with E-state index in [9.17, 15) is 14.4 Å². The Morgan fingerprint density at radius 2 is 1.72 bits per heavy atom. The molecule has 36 heavy (non-hydrogen) atoms. The molecule has 1 amide bonds. The largest absolute Gasteiger partial charge is 0.493 e. The van der Waals surface area contributed by atoms with E-state index in [1.54, 1.807) is 0 Å². The molecule has 0 saturated heterocycles. The van der Waals surface area contributed by atoms with Crippen molar-refractivity contribution in [3.63, 3.8) is 0 Å². The van der Waals surface area contributed by atoms with Crippen molar-refractivity contribution >= 4 is 17.8 Å². The number of aromatic nitrogens is 1. The molecule has 1 fully saturated rings. The molecule has 3 rings (SSSR count). The van der Waals surface area contributed by atoms with Gasteiger partial charge in [-0.1, -0.05) is 37.5 Å². The third-order valence-corrected chi connectivity index (χ3v) is 6.14. The molecular formula is C27H34N2O7. The zero-order valence-electron chi connectivity index (χ0n) is 21.2. The third kappa shape index (κ3) is 7.19. The number of hydrogen-bond acceptors (Lipinski definition) is 8. The molecule has 1 N–H and O–H groups in total. The lowest BCUT2D eigenvalue weighted by Crippen LogP contribution is -2.46. The molecule has 1 aromatic heterocycles. The molecule has 1 heterocycles. The van der Waals surface area contributed by atoms with Gasteiger partial charge in [-0.25, -0.2) is 9.78 Å². The molecule has 0 radical (unpaired) electrons. The normalized spacial score (nSPS) is 16.2. The zero-order valence-corrected chi connectivity index (χ0v) is 21.2. The van der Waals surface area contributed by atoms with Crippen LogP contribution in [0.25, 0.3) is 0 Å². The molecule has 0 aliphatic heterocycles. The second-order valence-electron chi connectivity index (χ2n) is 8.92. The van der Waals surface area contributed by atoms with Crippen molar-refractivity contribution in [1.82, 2.24) is 10.3 Å². The minimum atomic E-state index is -0.981. The smallest absolute Gasteiger partial charge is 0.328 e. The average Bonchev–Trinajstić information content (AvgIpc) is 2.87. The van der Waals surface area contributed by atoms with Gasteiger partial charge >= 0.3 is 11.9 Å². The number of rotatable bonds is 10. The van der Waals surface area contributed by atoms with Gasteiger partial charge < -0.3 is 24.3 Å². The number of carbonyl (C=O) groups is 3. The summed E-state index contributed by atoms with van der Waals surface area (Å²) in [6, 6.07) is 9.89. The standard InChI is InChI=1S/C27H34N2O7/c1-17(29-26(31)23-25(35-19(3)30)22(33-4)15-16-28-23)27(32)36-24(20-11-7-5-8-12-20)18(2)34-21-13-9-6-10-14-21/h6,9-10,13-18,20,24H,5,7-8,11-12H2,1-4H3,(H,29,31)/t17-,18-,24-/m0/s1. The van der Waals surface area contributed by atoms with Crippen LogP contribution >= 0.6 is 0 Å². The number of ether oxygens (including phenoxy) is 4. The number of nitrogens with one attached hydrogen (secondary N) is 1. The summed E-state index contributed by atoms with van der Waals surface area (Å²) < 4.78 is 22.4. The monoisotopic (exact) mass is 498 g/mol. The van der Waals surface area contributed by atoms with Crippen molar-refractivity contribution in [2.45, 2.75) is 71.1 Å². The lowest BCUT2D eigenvalue weighted by atomic mass is 9.83. The Morgan fingerprint density at radius 1 is 1.03 bits per heavy atom. The number of hydrogen-bond donors (Lipinski definition) is 1. The van der Waals surface area contributed by atoms with Crippen molar-refractivity contribution in [2.24, 2.45) is 5.92 Å². The molecule has 194 valence electrons. The Labute approximate surface area is 211 Å². The lowest BCUT2D eigenvalue weighted by Gasteiger charge is -2.34. The molecule has 0 unspecified atom stereocenters. The summed E-state index contributed by atoms with van der Waals surface area (Å²) in [7, 11) is 1.38. The molecule has 0 bridgehead atoms. The van der Waals surface area contributed by atoms with Crippen LogP contribution in [0.4, 0.5) is 0 Å². The maximum Gasteiger partial charge on any atom is 0.328 e. The van der Waals surface area contributed by atoms with Crippen molar-refractivity contribution in [3.8, 4) is 17.2 Å². The predicted octanol–water partition coefficient (Wildman–Crippen LogP) is 4.09. The van der Waals surface area contributed by atoms with E-state index in [0.717, 1.165) is 32.1 Å². The van der Waals surface area contributed by atoms with Gasteiger partial charge in [-0.15, -0.1) is 0 Å². The SMILES string of the molecule is COc1ccnc(C(=O)N[C@@H](C)C(=O)O[C@H](C2CCCCC2)[C@H](C)Oc2ccccc2)c1OC(C)=O. The molecule has 1 aromatic carbocycles. The minimum Gasteiger partial charge on any atom is -0.493 e. The first-order valence-corrected chi connectivity index (χ1v) is 12.2. The van der Waals surface area contributed by atoms with Gasteiger partial charge in [0.15, 0.2) is 11.4 Å². The van der Waals surface area contributed by atoms with E-state index in [1.165, 1.54) is 33.2 Å². The number of esters is 2. The maximum atomic E-state index is 13.1. The van der Waals surface area contributed by atoms with Crippen LogP contribution in [0, 0.1) is 5.92 Å². The van der Waals surface area contributed by atoms with Crippen LogP contribution in [0.5, 0.6) is 17.2 Å². The van der Waals surface area contributed by atoms with E-state index in [-0.39, 0.29) is 29.2 Å². The fraction of sp³-hybridized carbons (Fsp3) is 0.481. The highest BCUT2D eigenvalue weighted by molar-refractivity contribution is 5.98. The number of pyridine rings is 1. The van der Waals surface area contributed by atoms with Crippen molar-refractivity contribution in [2.75, 3.05) is 7.11 Å². The highest BCUT2D eigenvalue weighted by Gasteiger charge is 2.34. The van der Waals surface area contributed by atoms with Crippen LogP contribution < -0.4 is 19.5 Å². The fourth-order valence-corrected chi connectivity index (χ4v) is 4.37. The first kappa shape index (κ1) is 27.0. The van der Waals surface area contributed by atoms with Gasteiger partial charge in [-0.2, -0.15) is 0 Å². The Kier molecular flexibility index (Phi) is 9.67. The first-order chi connectivity index (χ1) is 17.3. The van der Waals surface area contributed by atoms with E-state index < -0.39 is 30.0 Å². The second-order valence-corrected chi connectivity index (χ2v) is 8.92. The Bertz CT molecular complexity index is 1040. The van der Waals surface area contributed by atoms with Gasteiger partial charge in [-0.05, 0) is 44.7 Å². The molecule has 2 aromatic rings. The zero-order chi connectivity index (χ0) is 26.1. The van der Waals surface area contributed by atoms with Gasteiger partial charge in [0.1, 0.15) is 24.0 Å². The topological polar surface area (TPSA) is 113 Å². The fourth-order valence-electron chi connectivity index (χ4n) is 4.37. The Morgan fingerprint density at radius 3 is 2.36 bits per heavy atom. The van der Waals surface area contributed by atoms with Gasteiger partial charge in [0.2, 0.25) is 5.75 Å². The summed E-state index contributed by atoms with van der Waals surface area (Å²) in [4.78, 5) is 41.6. The third-order valence-electron chi connectivity index (χ3n) is 6.14.